The van der Waals surface area contributed by atoms with Gasteiger partial charge in [0.25, 0.3) is 5.91 Å². The number of anilines is 1. The van der Waals surface area contributed by atoms with E-state index in [2.05, 4.69) is 10.6 Å². The molecule has 0 atom stereocenters. The first-order valence-corrected chi connectivity index (χ1v) is 12.7. The Kier molecular flexibility index (Phi) is 7.40. The molecule has 7 nitrogen and oxygen atoms in total. The molecule has 2 amide bonds. The molecular formula is C26H27N3O4S. The van der Waals surface area contributed by atoms with Crippen molar-refractivity contribution in [2.45, 2.75) is 24.2 Å². The van der Waals surface area contributed by atoms with Gasteiger partial charge in [-0.3, -0.25) is 9.59 Å². The van der Waals surface area contributed by atoms with E-state index < -0.39 is 15.9 Å². The van der Waals surface area contributed by atoms with E-state index in [4.69, 9.17) is 0 Å². The molecule has 0 aliphatic carbocycles. The molecule has 1 fully saturated rings. The lowest BCUT2D eigenvalue weighted by Crippen LogP contribution is -2.35. The number of piperidine rings is 1. The van der Waals surface area contributed by atoms with Crippen LogP contribution < -0.4 is 10.6 Å². The van der Waals surface area contributed by atoms with Crippen molar-refractivity contribution in [3.63, 3.8) is 0 Å². The minimum atomic E-state index is -3.59. The monoisotopic (exact) mass is 477 g/mol. The normalized spacial score (nSPS) is 14.4. The highest BCUT2D eigenvalue weighted by atomic mass is 32.2. The second-order valence-corrected chi connectivity index (χ2v) is 10.1. The molecule has 0 bridgehead atoms. The highest BCUT2D eigenvalue weighted by Crippen LogP contribution is 2.23. The summed E-state index contributed by atoms with van der Waals surface area (Å²) in [6.45, 7) is 0.789. The van der Waals surface area contributed by atoms with E-state index in [1.54, 1.807) is 24.3 Å². The average Bonchev–Trinajstić information content (AvgIpc) is 2.88. The lowest BCUT2D eigenvalue weighted by molar-refractivity contribution is -0.115. The molecule has 1 saturated heterocycles. The maximum Gasteiger partial charge on any atom is 0.251 e. The lowest BCUT2D eigenvalue weighted by Gasteiger charge is -2.26. The molecule has 3 aromatic rings. The summed E-state index contributed by atoms with van der Waals surface area (Å²) in [7, 11) is -3.59. The Bertz CT molecular complexity index is 1250. The molecule has 0 aromatic heterocycles. The molecule has 34 heavy (non-hydrogen) atoms. The van der Waals surface area contributed by atoms with Crippen LogP contribution in [-0.4, -0.2) is 44.2 Å². The van der Waals surface area contributed by atoms with Gasteiger partial charge in [0, 0.05) is 24.3 Å². The average molecular weight is 478 g/mol. The zero-order valence-electron chi connectivity index (χ0n) is 18.7. The minimum absolute atomic E-state index is 0.148. The number of hydrogen-bond acceptors (Lipinski definition) is 4. The third-order valence-corrected chi connectivity index (χ3v) is 7.63. The fourth-order valence-corrected chi connectivity index (χ4v) is 5.46. The predicted octanol–water partition coefficient (Wildman–Crippen LogP) is 3.90. The summed E-state index contributed by atoms with van der Waals surface area (Å²) in [5, 5.41) is 5.26. The Hall–Kier alpha value is -3.49. The topological polar surface area (TPSA) is 95.6 Å². The van der Waals surface area contributed by atoms with E-state index in [0.29, 0.717) is 24.3 Å². The second-order valence-electron chi connectivity index (χ2n) is 8.17. The van der Waals surface area contributed by atoms with E-state index in [1.165, 1.54) is 16.4 Å². The number of amides is 2. The quantitative estimate of drug-likeness (QED) is 0.540. The fraction of sp³-hybridized carbons (Fsp3) is 0.231. The smallest absolute Gasteiger partial charge is 0.251 e. The van der Waals surface area contributed by atoms with E-state index in [9.17, 15) is 18.0 Å². The lowest BCUT2D eigenvalue weighted by atomic mass is 10.0. The van der Waals surface area contributed by atoms with Crippen LogP contribution in [0.4, 0.5) is 5.69 Å². The summed E-state index contributed by atoms with van der Waals surface area (Å²) >= 11 is 0. The molecule has 1 aliphatic heterocycles. The molecule has 0 radical (unpaired) electrons. The zero-order valence-corrected chi connectivity index (χ0v) is 19.6. The molecule has 0 saturated carbocycles. The van der Waals surface area contributed by atoms with Crippen molar-refractivity contribution in [3.05, 3.63) is 84.4 Å². The summed E-state index contributed by atoms with van der Waals surface area (Å²) in [4.78, 5) is 24.9. The van der Waals surface area contributed by atoms with Crippen LogP contribution in [0.15, 0.2) is 83.8 Å². The Morgan fingerprint density at radius 2 is 1.47 bits per heavy atom. The first-order chi connectivity index (χ1) is 16.4. The number of carbonyl (C=O) groups excluding carboxylic acids is 2. The molecule has 8 heteroatoms. The van der Waals surface area contributed by atoms with Crippen molar-refractivity contribution < 1.29 is 18.0 Å². The fourth-order valence-electron chi connectivity index (χ4n) is 3.90. The number of hydrogen-bond donors (Lipinski definition) is 2. The molecule has 176 valence electrons. The van der Waals surface area contributed by atoms with Gasteiger partial charge >= 0.3 is 0 Å². The third-order valence-electron chi connectivity index (χ3n) is 5.73. The Labute approximate surface area is 199 Å². The van der Waals surface area contributed by atoms with Gasteiger partial charge in [-0.05, 0) is 54.3 Å². The van der Waals surface area contributed by atoms with Crippen LogP contribution in [0.25, 0.3) is 11.1 Å². The van der Waals surface area contributed by atoms with Crippen LogP contribution in [-0.2, 0) is 14.8 Å². The van der Waals surface area contributed by atoms with Gasteiger partial charge in [-0.2, -0.15) is 4.31 Å². The number of sulfonamides is 1. The van der Waals surface area contributed by atoms with Crippen molar-refractivity contribution in [3.8, 4) is 11.1 Å². The van der Waals surface area contributed by atoms with Crippen molar-refractivity contribution in [2.75, 3.05) is 25.0 Å². The molecular weight excluding hydrogens is 450 g/mol. The number of nitrogens with zero attached hydrogens (tertiary/aromatic N) is 1. The van der Waals surface area contributed by atoms with Crippen LogP contribution in [0.3, 0.4) is 0 Å². The van der Waals surface area contributed by atoms with E-state index in [-0.39, 0.29) is 17.3 Å². The summed E-state index contributed by atoms with van der Waals surface area (Å²) < 4.78 is 27.2. The van der Waals surface area contributed by atoms with Gasteiger partial charge in [0.1, 0.15) is 0 Å². The molecule has 0 spiro atoms. The summed E-state index contributed by atoms with van der Waals surface area (Å²) in [6.07, 6.45) is 2.74. The molecule has 3 aromatic carbocycles. The van der Waals surface area contributed by atoms with E-state index in [0.717, 1.165) is 30.4 Å². The number of nitrogens with one attached hydrogen (secondary N) is 2. The molecule has 1 aliphatic rings. The SMILES string of the molecule is O=C(CNC(=O)c1ccc(-c2ccccc2)cc1)Nc1cccc(S(=O)(=O)N2CCCCC2)c1. The highest BCUT2D eigenvalue weighted by molar-refractivity contribution is 7.89. The van der Waals surface area contributed by atoms with Crippen LogP contribution in [0, 0.1) is 0 Å². The summed E-state index contributed by atoms with van der Waals surface area (Å²) in [5.41, 5.74) is 2.86. The number of rotatable bonds is 7. The molecule has 0 unspecified atom stereocenters. The van der Waals surface area contributed by atoms with Gasteiger partial charge in [0.15, 0.2) is 0 Å². The van der Waals surface area contributed by atoms with Crippen LogP contribution in [0.1, 0.15) is 29.6 Å². The highest BCUT2D eigenvalue weighted by Gasteiger charge is 2.26. The summed E-state index contributed by atoms with van der Waals surface area (Å²) in [6, 6.07) is 23.2. The van der Waals surface area contributed by atoms with Crippen molar-refractivity contribution in [1.82, 2.24) is 9.62 Å². The second kappa shape index (κ2) is 10.6. The van der Waals surface area contributed by atoms with Crippen molar-refractivity contribution in [2.24, 2.45) is 0 Å². The molecule has 2 N–H and O–H groups in total. The van der Waals surface area contributed by atoms with E-state index in [1.807, 2.05) is 42.5 Å². The Morgan fingerprint density at radius 1 is 0.794 bits per heavy atom. The minimum Gasteiger partial charge on any atom is -0.343 e. The predicted molar refractivity (Wildman–Crippen MR) is 132 cm³/mol. The van der Waals surface area contributed by atoms with E-state index >= 15 is 0 Å². The van der Waals surface area contributed by atoms with Crippen LogP contribution in [0.2, 0.25) is 0 Å². The standard InChI is InChI=1S/C26H27N3O4S/c30-25(19-27-26(31)22-14-12-21(13-15-22)20-8-3-1-4-9-20)28-23-10-7-11-24(18-23)34(32,33)29-16-5-2-6-17-29/h1,3-4,7-15,18H,2,5-6,16-17,19H2,(H,27,31)(H,28,30). The first-order valence-electron chi connectivity index (χ1n) is 11.3. The molecule has 4 rings (SSSR count). The number of benzene rings is 3. The van der Waals surface area contributed by atoms with Crippen molar-refractivity contribution in [1.29, 1.82) is 0 Å². The van der Waals surface area contributed by atoms with Crippen LogP contribution in [0.5, 0.6) is 0 Å². The number of carbonyl (C=O) groups is 2. The maximum absolute atomic E-state index is 12.9. The Morgan fingerprint density at radius 3 is 2.18 bits per heavy atom. The zero-order chi connectivity index (χ0) is 24.0. The van der Waals surface area contributed by atoms with Crippen LogP contribution >= 0.6 is 0 Å². The van der Waals surface area contributed by atoms with Gasteiger partial charge < -0.3 is 10.6 Å². The van der Waals surface area contributed by atoms with Gasteiger partial charge in [0.2, 0.25) is 15.9 Å². The van der Waals surface area contributed by atoms with Crippen molar-refractivity contribution >= 4 is 27.5 Å². The largest absolute Gasteiger partial charge is 0.343 e. The van der Waals surface area contributed by atoms with Gasteiger partial charge in [-0.25, -0.2) is 8.42 Å². The maximum atomic E-state index is 12.9. The molecule has 1 heterocycles. The summed E-state index contributed by atoms with van der Waals surface area (Å²) in [5.74, 6) is -0.807. The van der Waals surface area contributed by atoms with Gasteiger partial charge in [-0.1, -0.05) is 55.0 Å². The third kappa shape index (κ3) is 5.70. The Balaban J connectivity index is 1.33. The van der Waals surface area contributed by atoms with Gasteiger partial charge in [0.05, 0.1) is 11.4 Å². The van der Waals surface area contributed by atoms with Gasteiger partial charge in [-0.15, -0.1) is 0 Å². The first kappa shape index (κ1) is 23.7.